The third-order valence-electron chi connectivity index (χ3n) is 1.20. The highest BCUT2D eigenvalue weighted by molar-refractivity contribution is 5.77. The lowest BCUT2D eigenvalue weighted by molar-refractivity contribution is -0.131. The van der Waals surface area contributed by atoms with Gasteiger partial charge in [-0.25, -0.2) is 0 Å². The number of hydrogen-bond donors (Lipinski definition) is 0. The number of nitrogens with zero attached hydrogens (tertiary/aromatic N) is 1. The van der Waals surface area contributed by atoms with Crippen LogP contribution in [-0.4, -0.2) is 31.0 Å². The molecule has 0 unspecified atom stereocenters. The Kier molecular flexibility index (Phi) is 1.72. The molecular formula is C6H9NO2. The van der Waals surface area contributed by atoms with E-state index in [0.29, 0.717) is 6.54 Å². The van der Waals surface area contributed by atoms with Gasteiger partial charge in [0, 0.05) is 13.6 Å². The minimum absolute atomic E-state index is 0.0278. The molecule has 0 fully saturated rings. The van der Waals surface area contributed by atoms with Gasteiger partial charge in [-0.05, 0) is 6.08 Å². The van der Waals surface area contributed by atoms with Gasteiger partial charge in [0.15, 0.2) is 6.61 Å². The molecular weight excluding hydrogens is 118 g/mol. The van der Waals surface area contributed by atoms with Crippen LogP contribution in [0.3, 0.4) is 0 Å². The number of amides is 1. The smallest absolute Gasteiger partial charge is 0.260 e. The fourth-order valence-corrected chi connectivity index (χ4v) is 0.601. The summed E-state index contributed by atoms with van der Waals surface area (Å²) in [5, 5.41) is 0. The molecule has 0 aromatic rings. The average molecular weight is 127 g/mol. The lowest BCUT2D eigenvalue weighted by Crippen LogP contribution is -2.28. The minimum Gasteiger partial charge on any atom is -0.492 e. The van der Waals surface area contributed by atoms with Crippen molar-refractivity contribution in [3.63, 3.8) is 0 Å². The van der Waals surface area contributed by atoms with Crippen LogP contribution in [0.2, 0.25) is 0 Å². The van der Waals surface area contributed by atoms with Crippen LogP contribution in [-0.2, 0) is 9.53 Å². The molecule has 1 aliphatic rings. The predicted octanol–water partition coefficient (Wildman–Crippen LogP) is -0.0113. The van der Waals surface area contributed by atoms with E-state index in [0.717, 1.165) is 0 Å². The van der Waals surface area contributed by atoms with Crippen molar-refractivity contribution in [1.82, 2.24) is 4.90 Å². The van der Waals surface area contributed by atoms with E-state index in [1.165, 1.54) is 0 Å². The SMILES string of the molecule is CN1CC=COCC1=O. The highest BCUT2D eigenvalue weighted by Gasteiger charge is 2.08. The molecule has 50 valence electrons. The maximum absolute atomic E-state index is 10.8. The largest absolute Gasteiger partial charge is 0.492 e. The monoisotopic (exact) mass is 127 g/mol. The van der Waals surface area contributed by atoms with Crippen molar-refractivity contribution < 1.29 is 9.53 Å². The number of hydrogen-bond acceptors (Lipinski definition) is 2. The molecule has 0 aromatic heterocycles. The summed E-state index contributed by atoms with van der Waals surface area (Å²) in [7, 11) is 1.75. The molecule has 0 spiro atoms. The second kappa shape index (κ2) is 2.53. The molecule has 1 heterocycles. The van der Waals surface area contributed by atoms with Gasteiger partial charge in [-0.2, -0.15) is 0 Å². The van der Waals surface area contributed by atoms with Gasteiger partial charge in [0.05, 0.1) is 6.26 Å². The van der Waals surface area contributed by atoms with Gasteiger partial charge in [-0.15, -0.1) is 0 Å². The number of likely N-dealkylation sites (N-methyl/N-ethyl adjacent to an activating group) is 1. The third kappa shape index (κ3) is 1.45. The van der Waals surface area contributed by atoms with Crippen LogP contribution in [0.1, 0.15) is 0 Å². The van der Waals surface area contributed by atoms with E-state index >= 15 is 0 Å². The average Bonchev–Trinajstić information content (AvgIpc) is 1.99. The Bertz CT molecular complexity index is 142. The lowest BCUT2D eigenvalue weighted by atomic mass is 10.5. The van der Waals surface area contributed by atoms with Crippen molar-refractivity contribution >= 4 is 5.91 Å². The Labute approximate surface area is 53.9 Å². The maximum atomic E-state index is 10.8. The van der Waals surface area contributed by atoms with Gasteiger partial charge < -0.3 is 9.64 Å². The summed E-state index contributed by atoms with van der Waals surface area (Å²) in [6.07, 6.45) is 3.37. The first kappa shape index (κ1) is 6.13. The molecule has 3 heteroatoms. The quantitative estimate of drug-likeness (QED) is 0.458. The van der Waals surface area contributed by atoms with Gasteiger partial charge in [-0.1, -0.05) is 0 Å². The summed E-state index contributed by atoms with van der Waals surface area (Å²) in [5.74, 6) is 0.0278. The summed E-state index contributed by atoms with van der Waals surface area (Å²) in [4.78, 5) is 12.4. The molecule has 3 nitrogen and oxygen atoms in total. The van der Waals surface area contributed by atoms with Crippen LogP contribution in [0.4, 0.5) is 0 Å². The van der Waals surface area contributed by atoms with E-state index in [1.54, 1.807) is 18.2 Å². The predicted molar refractivity (Wildman–Crippen MR) is 32.7 cm³/mol. The summed E-state index contributed by atoms with van der Waals surface area (Å²) in [6.45, 7) is 0.825. The van der Waals surface area contributed by atoms with Crippen molar-refractivity contribution in [2.24, 2.45) is 0 Å². The first-order valence-corrected chi connectivity index (χ1v) is 2.81. The zero-order chi connectivity index (χ0) is 6.69. The fourth-order valence-electron chi connectivity index (χ4n) is 0.601. The maximum Gasteiger partial charge on any atom is 0.260 e. The van der Waals surface area contributed by atoms with Gasteiger partial charge in [-0.3, -0.25) is 4.79 Å². The lowest BCUT2D eigenvalue weighted by Gasteiger charge is -2.10. The summed E-state index contributed by atoms with van der Waals surface area (Å²) >= 11 is 0. The molecule has 0 bridgehead atoms. The topological polar surface area (TPSA) is 29.5 Å². The van der Waals surface area contributed by atoms with E-state index in [9.17, 15) is 4.79 Å². The highest BCUT2D eigenvalue weighted by Crippen LogP contribution is 1.92. The van der Waals surface area contributed by atoms with Crippen molar-refractivity contribution in [2.75, 3.05) is 20.2 Å². The van der Waals surface area contributed by atoms with Crippen molar-refractivity contribution in [2.45, 2.75) is 0 Å². The molecule has 0 saturated heterocycles. The van der Waals surface area contributed by atoms with E-state index in [4.69, 9.17) is 4.74 Å². The number of carbonyl (C=O) groups is 1. The van der Waals surface area contributed by atoms with E-state index in [2.05, 4.69) is 0 Å². The van der Waals surface area contributed by atoms with Crippen LogP contribution >= 0.6 is 0 Å². The van der Waals surface area contributed by atoms with Crippen molar-refractivity contribution in [3.05, 3.63) is 12.3 Å². The van der Waals surface area contributed by atoms with Gasteiger partial charge >= 0.3 is 0 Å². The Morgan fingerprint density at radius 2 is 2.56 bits per heavy atom. The number of carbonyl (C=O) groups excluding carboxylic acids is 1. The fraction of sp³-hybridized carbons (Fsp3) is 0.500. The molecule has 0 atom stereocenters. The van der Waals surface area contributed by atoms with E-state index in [1.807, 2.05) is 6.08 Å². The van der Waals surface area contributed by atoms with Crippen LogP contribution in [0, 0.1) is 0 Å². The molecule has 0 N–H and O–H groups in total. The van der Waals surface area contributed by atoms with Crippen LogP contribution < -0.4 is 0 Å². The summed E-state index contributed by atoms with van der Waals surface area (Å²) in [5.41, 5.74) is 0. The van der Waals surface area contributed by atoms with Crippen LogP contribution in [0.15, 0.2) is 12.3 Å². The summed E-state index contributed by atoms with van der Waals surface area (Å²) in [6, 6.07) is 0. The normalized spacial score (nSPS) is 19.2. The zero-order valence-electron chi connectivity index (χ0n) is 5.33. The standard InChI is InChI=1S/C6H9NO2/c1-7-3-2-4-9-5-6(7)8/h2,4H,3,5H2,1H3. The molecule has 0 saturated carbocycles. The summed E-state index contributed by atoms with van der Waals surface area (Å²) < 4.78 is 4.81. The highest BCUT2D eigenvalue weighted by atomic mass is 16.5. The Balaban J connectivity index is 2.52. The second-order valence-electron chi connectivity index (χ2n) is 1.96. The van der Waals surface area contributed by atoms with Gasteiger partial charge in [0.2, 0.25) is 0 Å². The number of rotatable bonds is 0. The molecule has 0 aliphatic carbocycles. The first-order chi connectivity index (χ1) is 4.30. The molecule has 1 aliphatic heterocycles. The Hall–Kier alpha value is -0.990. The Morgan fingerprint density at radius 1 is 1.78 bits per heavy atom. The van der Waals surface area contributed by atoms with E-state index in [-0.39, 0.29) is 12.5 Å². The van der Waals surface area contributed by atoms with Crippen LogP contribution in [0.25, 0.3) is 0 Å². The number of ether oxygens (including phenoxy) is 1. The molecule has 1 amide bonds. The third-order valence-corrected chi connectivity index (χ3v) is 1.20. The zero-order valence-corrected chi connectivity index (χ0v) is 5.33. The molecule has 9 heavy (non-hydrogen) atoms. The van der Waals surface area contributed by atoms with E-state index < -0.39 is 0 Å². The van der Waals surface area contributed by atoms with Crippen molar-refractivity contribution in [1.29, 1.82) is 0 Å². The minimum atomic E-state index is 0.0278. The second-order valence-corrected chi connectivity index (χ2v) is 1.96. The molecule has 0 radical (unpaired) electrons. The Morgan fingerprint density at radius 3 is 3.33 bits per heavy atom. The first-order valence-electron chi connectivity index (χ1n) is 2.81. The van der Waals surface area contributed by atoms with Gasteiger partial charge in [0.25, 0.3) is 5.91 Å². The van der Waals surface area contributed by atoms with Crippen molar-refractivity contribution in [3.8, 4) is 0 Å². The van der Waals surface area contributed by atoms with Gasteiger partial charge in [0.1, 0.15) is 0 Å². The molecule has 1 rings (SSSR count). The van der Waals surface area contributed by atoms with Crippen LogP contribution in [0.5, 0.6) is 0 Å². The molecule has 0 aromatic carbocycles.